The summed E-state index contributed by atoms with van der Waals surface area (Å²) in [6.45, 7) is 6.00. The molecule has 1 aromatic rings. The van der Waals surface area contributed by atoms with Gasteiger partial charge < -0.3 is 4.74 Å². The van der Waals surface area contributed by atoms with Crippen LogP contribution >= 0.6 is 23.2 Å². The number of ether oxygens (including phenoxy) is 1. The lowest BCUT2D eigenvalue weighted by atomic mass is 10.1. The highest BCUT2D eigenvalue weighted by Gasteiger charge is 2.05. The average molecular weight is 369 g/mol. The van der Waals surface area contributed by atoms with Gasteiger partial charge in [-0.1, -0.05) is 40.4 Å². The summed E-state index contributed by atoms with van der Waals surface area (Å²) in [4.78, 5) is 11.6. The number of hydrazone groups is 1. The summed E-state index contributed by atoms with van der Waals surface area (Å²) < 4.78 is 5.31. The quantitative estimate of drug-likeness (QED) is 0.391. The normalized spacial score (nSPS) is 11.5. The predicted octanol–water partition coefficient (Wildman–Crippen LogP) is 5.17. The summed E-state index contributed by atoms with van der Waals surface area (Å²) in [5, 5.41) is 4.72. The second kappa shape index (κ2) is 10.9. The monoisotopic (exact) mass is 368 g/mol. The lowest BCUT2D eigenvalue weighted by Gasteiger charge is -2.06. The molecule has 0 aliphatic heterocycles. The fraction of sp³-hybridized carbons (Fsp3) is 0.333. The summed E-state index contributed by atoms with van der Waals surface area (Å²) in [6, 6.07) is 4.80. The molecular weight excluding hydrogens is 347 g/mol. The molecule has 0 atom stereocenters. The van der Waals surface area contributed by atoms with E-state index in [1.807, 2.05) is 13.0 Å². The molecule has 0 unspecified atom stereocenters. The zero-order chi connectivity index (χ0) is 17.9. The Morgan fingerprint density at radius 3 is 2.71 bits per heavy atom. The van der Waals surface area contributed by atoms with Gasteiger partial charge in [0.05, 0.1) is 5.02 Å². The van der Waals surface area contributed by atoms with Gasteiger partial charge in [0.15, 0.2) is 6.61 Å². The molecule has 0 saturated heterocycles. The number of benzene rings is 1. The number of allylic oxidation sites excluding steroid dienone is 4. The second-order valence-corrected chi connectivity index (χ2v) is 6.35. The molecule has 0 bridgehead atoms. The van der Waals surface area contributed by atoms with Crippen molar-refractivity contribution in [3.63, 3.8) is 0 Å². The van der Waals surface area contributed by atoms with E-state index in [4.69, 9.17) is 27.9 Å². The van der Waals surface area contributed by atoms with Crippen LogP contribution in [0.15, 0.2) is 46.6 Å². The fourth-order valence-corrected chi connectivity index (χ4v) is 2.18. The Bertz CT molecular complexity index is 648. The average Bonchev–Trinajstić information content (AvgIpc) is 2.50. The summed E-state index contributed by atoms with van der Waals surface area (Å²) >= 11 is 11.7. The molecule has 0 fully saturated rings. The van der Waals surface area contributed by atoms with Crippen LogP contribution in [0.2, 0.25) is 10.0 Å². The van der Waals surface area contributed by atoms with Crippen molar-refractivity contribution < 1.29 is 9.53 Å². The molecule has 0 aliphatic rings. The zero-order valence-electron chi connectivity index (χ0n) is 14.1. The van der Waals surface area contributed by atoms with E-state index in [1.54, 1.807) is 24.4 Å². The van der Waals surface area contributed by atoms with Crippen LogP contribution in [0.25, 0.3) is 0 Å². The molecule has 0 radical (unpaired) electrons. The maximum absolute atomic E-state index is 11.6. The predicted molar refractivity (Wildman–Crippen MR) is 101 cm³/mol. The zero-order valence-corrected chi connectivity index (χ0v) is 15.6. The Labute approximate surface area is 153 Å². The summed E-state index contributed by atoms with van der Waals surface area (Å²) in [6.07, 6.45) is 7.58. The molecule has 1 N–H and O–H groups in total. The van der Waals surface area contributed by atoms with Crippen molar-refractivity contribution in [1.82, 2.24) is 5.43 Å². The van der Waals surface area contributed by atoms with Crippen LogP contribution < -0.4 is 10.2 Å². The molecule has 24 heavy (non-hydrogen) atoms. The first kappa shape index (κ1) is 20.3. The minimum atomic E-state index is -0.368. The molecule has 0 aliphatic carbocycles. The Morgan fingerprint density at radius 1 is 1.29 bits per heavy atom. The largest absolute Gasteiger partial charge is 0.482 e. The van der Waals surface area contributed by atoms with Crippen molar-refractivity contribution in [1.29, 1.82) is 0 Å². The molecule has 1 rings (SSSR count). The van der Waals surface area contributed by atoms with Gasteiger partial charge in [-0.2, -0.15) is 5.10 Å². The van der Waals surface area contributed by atoms with Gasteiger partial charge in [-0.25, -0.2) is 5.43 Å². The van der Waals surface area contributed by atoms with Crippen molar-refractivity contribution in [3.05, 3.63) is 51.5 Å². The number of nitrogens with one attached hydrogen (secondary N) is 1. The van der Waals surface area contributed by atoms with Gasteiger partial charge in [0.1, 0.15) is 5.75 Å². The van der Waals surface area contributed by atoms with Crippen LogP contribution in [-0.4, -0.2) is 18.7 Å². The third kappa shape index (κ3) is 8.75. The molecule has 1 aromatic carbocycles. The molecule has 0 heterocycles. The number of rotatable bonds is 8. The van der Waals surface area contributed by atoms with Crippen molar-refractivity contribution in [2.24, 2.45) is 5.10 Å². The van der Waals surface area contributed by atoms with E-state index in [0.717, 1.165) is 12.8 Å². The first-order valence-corrected chi connectivity index (χ1v) is 8.33. The van der Waals surface area contributed by atoms with Crippen molar-refractivity contribution >= 4 is 35.3 Å². The molecule has 0 aromatic heterocycles. The van der Waals surface area contributed by atoms with E-state index in [1.165, 1.54) is 11.1 Å². The van der Waals surface area contributed by atoms with Crippen LogP contribution in [-0.2, 0) is 4.79 Å². The fourth-order valence-electron chi connectivity index (χ4n) is 1.71. The van der Waals surface area contributed by atoms with Crippen molar-refractivity contribution in [2.75, 3.05) is 6.61 Å². The van der Waals surface area contributed by atoms with E-state index in [-0.39, 0.29) is 12.5 Å². The first-order valence-electron chi connectivity index (χ1n) is 7.57. The third-order valence-electron chi connectivity index (χ3n) is 2.97. The number of hydrogen-bond acceptors (Lipinski definition) is 3. The van der Waals surface area contributed by atoms with Crippen LogP contribution in [0, 0.1) is 0 Å². The topological polar surface area (TPSA) is 50.7 Å². The van der Waals surface area contributed by atoms with Crippen LogP contribution in [0.5, 0.6) is 5.75 Å². The van der Waals surface area contributed by atoms with Gasteiger partial charge in [0.25, 0.3) is 5.91 Å². The highest BCUT2D eigenvalue weighted by atomic mass is 35.5. The highest BCUT2D eigenvalue weighted by molar-refractivity contribution is 6.35. The number of halogens is 2. The molecule has 4 nitrogen and oxygen atoms in total. The first-order chi connectivity index (χ1) is 11.4. The lowest BCUT2D eigenvalue weighted by Crippen LogP contribution is -2.24. The van der Waals surface area contributed by atoms with E-state index < -0.39 is 0 Å². The van der Waals surface area contributed by atoms with Gasteiger partial charge in [-0.3, -0.25) is 4.79 Å². The summed E-state index contributed by atoms with van der Waals surface area (Å²) in [7, 11) is 0. The maximum atomic E-state index is 11.6. The Hall–Kier alpha value is -1.78. The molecule has 130 valence electrons. The minimum absolute atomic E-state index is 0.179. The maximum Gasteiger partial charge on any atom is 0.277 e. The summed E-state index contributed by atoms with van der Waals surface area (Å²) in [5.74, 6) is 0.0306. The number of nitrogens with zero attached hydrogens (tertiary/aromatic N) is 1. The summed E-state index contributed by atoms with van der Waals surface area (Å²) in [5.41, 5.74) is 4.89. The number of carbonyl (C=O) groups excluding carboxylic acids is 1. The second-order valence-electron chi connectivity index (χ2n) is 5.51. The van der Waals surface area contributed by atoms with E-state index >= 15 is 0 Å². The molecule has 0 spiro atoms. The van der Waals surface area contributed by atoms with E-state index in [9.17, 15) is 4.79 Å². The molecule has 6 heteroatoms. The number of carbonyl (C=O) groups is 1. The number of amides is 1. The third-order valence-corrected chi connectivity index (χ3v) is 3.50. The van der Waals surface area contributed by atoms with Gasteiger partial charge in [-0.15, -0.1) is 0 Å². The van der Waals surface area contributed by atoms with Gasteiger partial charge in [0.2, 0.25) is 0 Å². The Balaban J connectivity index is 2.33. The van der Waals surface area contributed by atoms with Gasteiger partial charge >= 0.3 is 0 Å². The van der Waals surface area contributed by atoms with Gasteiger partial charge in [0, 0.05) is 11.2 Å². The Kier molecular flexibility index (Phi) is 9.20. The SMILES string of the molecule is CC(C)=CCC/C(C)=C\C=N/NC(=O)COc1ccc(Cl)cc1Cl. The number of hydrogen-bond donors (Lipinski definition) is 1. The highest BCUT2D eigenvalue weighted by Crippen LogP contribution is 2.27. The molecule has 1 amide bonds. The molecule has 0 saturated carbocycles. The lowest BCUT2D eigenvalue weighted by molar-refractivity contribution is -0.123. The Morgan fingerprint density at radius 2 is 2.04 bits per heavy atom. The standard InChI is InChI=1S/C18H22Cl2N2O2/c1-13(2)5-4-6-14(3)9-10-21-22-18(23)12-24-17-8-7-15(19)11-16(17)20/h5,7-11H,4,6,12H2,1-3H3,(H,22,23)/b14-9-,21-10-. The van der Waals surface area contributed by atoms with Crippen molar-refractivity contribution in [2.45, 2.75) is 33.6 Å². The smallest absolute Gasteiger partial charge is 0.277 e. The van der Waals surface area contributed by atoms with E-state index in [0.29, 0.717) is 15.8 Å². The van der Waals surface area contributed by atoms with Crippen molar-refractivity contribution in [3.8, 4) is 5.75 Å². The van der Waals surface area contributed by atoms with E-state index in [2.05, 4.69) is 30.5 Å². The minimum Gasteiger partial charge on any atom is -0.482 e. The van der Waals surface area contributed by atoms with Crippen LogP contribution in [0.3, 0.4) is 0 Å². The van der Waals surface area contributed by atoms with Crippen LogP contribution in [0.1, 0.15) is 33.6 Å². The molecular formula is C18H22Cl2N2O2. The van der Waals surface area contributed by atoms with Gasteiger partial charge in [-0.05, 0) is 57.9 Å². The van der Waals surface area contributed by atoms with Crippen LogP contribution in [0.4, 0.5) is 0 Å².